The predicted molar refractivity (Wildman–Crippen MR) is 69.9 cm³/mol. The summed E-state index contributed by atoms with van der Waals surface area (Å²) in [6.45, 7) is 1.47. The third-order valence-electron chi connectivity index (χ3n) is 2.81. The quantitative estimate of drug-likeness (QED) is 0.762. The van der Waals surface area contributed by atoms with E-state index in [-0.39, 0.29) is 11.8 Å². The second-order valence-electron chi connectivity index (χ2n) is 4.10. The summed E-state index contributed by atoms with van der Waals surface area (Å²) in [5.41, 5.74) is 6.87. The van der Waals surface area contributed by atoms with Crippen LogP contribution in [-0.2, 0) is 9.53 Å². The van der Waals surface area contributed by atoms with E-state index in [2.05, 4.69) is 17.2 Å². The number of nitrogens with two attached hydrogens (primary N) is 1. The summed E-state index contributed by atoms with van der Waals surface area (Å²) >= 11 is 0. The summed E-state index contributed by atoms with van der Waals surface area (Å²) in [6.07, 6.45) is 0.780. The van der Waals surface area contributed by atoms with Crippen molar-refractivity contribution < 1.29 is 9.53 Å². The second kappa shape index (κ2) is 6.20. The van der Waals surface area contributed by atoms with Gasteiger partial charge < -0.3 is 15.8 Å². The molecule has 1 aromatic rings. The summed E-state index contributed by atoms with van der Waals surface area (Å²) in [6, 6.07) is 7.46. The van der Waals surface area contributed by atoms with Crippen LogP contribution in [0.5, 0.6) is 0 Å². The molecular formula is C14H16N2O2. The first-order chi connectivity index (χ1) is 8.81. The van der Waals surface area contributed by atoms with Crippen LogP contribution in [0.4, 0.5) is 5.69 Å². The van der Waals surface area contributed by atoms with Crippen LogP contribution in [-0.4, -0.2) is 25.7 Å². The van der Waals surface area contributed by atoms with Gasteiger partial charge in [0.25, 0.3) is 0 Å². The molecule has 2 rings (SSSR count). The number of hydrogen-bond donors (Lipinski definition) is 2. The van der Waals surface area contributed by atoms with E-state index in [0.29, 0.717) is 19.8 Å². The summed E-state index contributed by atoms with van der Waals surface area (Å²) < 4.78 is 5.21. The van der Waals surface area contributed by atoms with Crippen LogP contribution in [0, 0.1) is 17.8 Å². The van der Waals surface area contributed by atoms with E-state index in [4.69, 9.17) is 10.5 Å². The van der Waals surface area contributed by atoms with Crippen LogP contribution >= 0.6 is 0 Å². The average Bonchev–Trinajstić information content (AvgIpc) is 2.91. The lowest BCUT2D eigenvalue weighted by Gasteiger charge is -2.10. The Balaban J connectivity index is 2.10. The first-order valence-corrected chi connectivity index (χ1v) is 5.98. The van der Waals surface area contributed by atoms with E-state index in [0.717, 1.165) is 17.7 Å². The van der Waals surface area contributed by atoms with Gasteiger partial charge in [-0.25, -0.2) is 0 Å². The van der Waals surface area contributed by atoms with Crippen LogP contribution in [0.15, 0.2) is 24.3 Å². The molecule has 1 fully saturated rings. The highest BCUT2D eigenvalue weighted by Crippen LogP contribution is 2.18. The summed E-state index contributed by atoms with van der Waals surface area (Å²) in [7, 11) is 0. The van der Waals surface area contributed by atoms with Gasteiger partial charge in [-0.3, -0.25) is 4.79 Å². The van der Waals surface area contributed by atoms with Crippen molar-refractivity contribution in [2.45, 2.75) is 6.42 Å². The normalized spacial score (nSPS) is 17.9. The fourth-order valence-corrected chi connectivity index (χ4v) is 1.82. The predicted octanol–water partition coefficient (Wildman–Crippen LogP) is 0.972. The zero-order valence-corrected chi connectivity index (χ0v) is 10.1. The molecule has 1 unspecified atom stereocenters. The topological polar surface area (TPSA) is 64.3 Å². The van der Waals surface area contributed by atoms with Gasteiger partial charge in [0.1, 0.15) is 0 Å². The van der Waals surface area contributed by atoms with E-state index in [1.165, 1.54) is 0 Å². The van der Waals surface area contributed by atoms with Crippen molar-refractivity contribution >= 4 is 11.6 Å². The molecule has 1 atom stereocenters. The van der Waals surface area contributed by atoms with Crippen molar-refractivity contribution in [3.05, 3.63) is 29.8 Å². The number of benzene rings is 1. The molecule has 18 heavy (non-hydrogen) atoms. The Hall–Kier alpha value is -1.83. The van der Waals surface area contributed by atoms with E-state index >= 15 is 0 Å². The Bertz CT molecular complexity index is 482. The Morgan fingerprint density at radius 3 is 3.06 bits per heavy atom. The molecule has 1 saturated heterocycles. The first-order valence-electron chi connectivity index (χ1n) is 5.98. The number of rotatable bonds is 2. The maximum atomic E-state index is 12.0. The molecule has 1 amide bonds. The molecular weight excluding hydrogens is 228 g/mol. The van der Waals surface area contributed by atoms with E-state index < -0.39 is 0 Å². The molecule has 3 N–H and O–H groups in total. The molecule has 0 bridgehead atoms. The van der Waals surface area contributed by atoms with Crippen LogP contribution in [0.1, 0.15) is 12.0 Å². The van der Waals surface area contributed by atoms with Crippen LogP contribution in [0.2, 0.25) is 0 Å². The maximum Gasteiger partial charge on any atom is 0.229 e. The minimum atomic E-state index is -0.0551. The molecule has 0 spiro atoms. The lowest BCUT2D eigenvalue weighted by molar-refractivity contribution is -0.119. The summed E-state index contributed by atoms with van der Waals surface area (Å²) in [4.78, 5) is 12.0. The van der Waals surface area contributed by atoms with Crippen molar-refractivity contribution in [3.8, 4) is 11.8 Å². The van der Waals surface area contributed by atoms with Crippen molar-refractivity contribution in [3.63, 3.8) is 0 Å². The molecule has 4 heteroatoms. The van der Waals surface area contributed by atoms with Gasteiger partial charge >= 0.3 is 0 Å². The SMILES string of the molecule is NCC#Cc1ccccc1NC(=O)C1CCOC1. The number of nitrogens with one attached hydrogen (secondary N) is 1. The second-order valence-corrected chi connectivity index (χ2v) is 4.10. The lowest BCUT2D eigenvalue weighted by Crippen LogP contribution is -2.23. The fourth-order valence-electron chi connectivity index (χ4n) is 1.82. The third kappa shape index (κ3) is 3.10. The van der Waals surface area contributed by atoms with Crippen LogP contribution in [0.25, 0.3) is 0 Å². The van der Waals surface area contributed by atoms with Gasteiger partial charge in [0.05, 0.1) is 24.8 Å². The third-order valence-corrected chi connectivity index (χ3v) is 2.81. The average molecular weight is 244 g/mol. The number of ether oxygens (including phenoxy) is 1. The highest BCUT2D eigenvalue weighted by Gasteiger charge is 2.23. The summed E-state index contributed by atoms with van der Waals surface area (Å²) in [5.74, 6) is 5.68. The molecule has 0 radical (unpaired) electrons. The number of carbonyl (C=O) groups is 1. The number of amides is 1. The first kappa shape index (κ1) is 12.6. The fraction of sp³-hybridized carbons (Fsp3) is 0.357. The number of para-hydroxylation sites is 1. The number of carbonyl (C=O) groups excluding carboxylic acids is 1. The highest BCUT2D eigenvalue weighted by molar-refractivity contribution is 5.94. The minimum absolute atomic E-state index is 0.00509. The van der Waals surface area contributed by atoms with Gasteiger partial charge in [-0.1, -0.05) is 24.0 Å². The molecule has 1 aliphatic heterocycles. The van der Waals surface area contributed by atoms with Crippen molar-refractivity contribution in [1.29, 1.82) is 0 Å². The minimum Gasteiger partial charge on any atom is -0.381 e. The molecule has 94 valence electrons. The van der Waals surface area contributed by atoms with E-state index in [9.17, 15) is 4.79 Å². The number of hydrogen-bond acceptors (Lipinski definition) is 3. The van der Waals surface area contributed by atoms with Gasteiger partial charge in [-0.15, -0.1) is 0 Å². The summed E-state index contributed by atoms with van der Waals surface area (Å²) in [5, 5.41) is 2.90. The van der Waals surface area contributed by atoms with Crippen molar-refractivity contribution in [2.75, 3.05) is 25.1 Å². The zero-order chi connectivity index (χ0) is 12.8. The number of anilines is 1. The molecule has 1 aromatic carbocycles. The Kier molecular flexibility index (Phi) is 4.35. The monoisotopic (exact) mass is 244 g/mol. The van der Waals surface area contributed by atoms with Crippen molar-refractivity contribution in [2.24, 2.45) is 11.7 Å². The van der Waals surface area contributed by atoms with Gasteiger partial charge in [0.2, 0.25) is 5.91 Å². The largest absolute Gasteiger partial charge is 0.381 e. The molecule has 1 heterocycles. The van der Waals surface area contributed by atoms with Gasteiger partial charge in [-0.05, 0) is 18.6 Å². The molecule has 0 aliphatic carbocycles. The Morgan fingerprint density at radius 2 is 2.33 bits per heavy atom. The lowest BCUT2D eigenvalue weighted by atomic mass is 10.1. The molecule has 0 aromatic heterocycles. The van der Waals surface area contributed by atoms with Crippen LogP contribution in [0.3, 0.4) is 0 Å². The van der Waals surface area contributed by atoms with Crippen LogP contribution < -0.4 is 11.1 Å². The smallest absolute Gasteiger partial charge is 0.229 e. The molecule has 1 aliphatic rings. The van der Waals surface area contributed by atoms with Gasteiger partial charge in [-0.2, -0.15) is 0 Å². The van der Waals surface area contributed by atoms with Crippen molar-refractivity contribution in [1.82, 2.24) is 0 Å². The highest BCUT2D eigenvalue weighted by atomic mass is 16.5. The van der Waals surface area contributed by atoms with Gasteiger partial charge in [0.15, 0.2) is 0 Å². The molecule has 0 saturated carbocycles. The Labute approximate surface area is 107 Å². The maximum absolute atomic E-state index is 12.0. The molecule has 4 nitrogen and oxygen atoms in total. The standard InChI is InChI=1S/C14H16N2O2/c15-8-3-5-11-4-1-2-6-13(11)16-14(17)12-7-9-18-10-12/h1-2,4,6,12H,7-10,15H2,(H,16,17). The zero-order valence-electron chi connectivity index (χ0n) is 10.1. The van der Waals surface area contributed by atoms with Gasteiger partial charge in [0, 0.05) is 12.2 Å². The Morgan fingerprint density at radius 1 is 1.50 bits per heavy atom. The van der Waals surface area contributed by atoms with E-state index in [1.807, 2.05) is 24.3 Å². The van der Waals surface area contributed by atoms with E-state index in [1.54, 1.807) is 0 Å².